The summed E-state index contributed by atoms with van der Waals surface area (Å²) >= 11 is 7.31. The van der Waals surface area contributed by atoms with Gasteiger partial charge in [-0.3, -0.25) is 19.8 Å². The van der Waals surface area contributed by atoms with Crippen LogP contribution >= 0.6 is 22.9 Å². The fourth-order valence-electron chi connectivity index (χ4n) is 3.29. The number of amides is 1. The van der Waals surface area contributed by atoms with Crippen molar-refractivity contribution in [1.29, 1.82) is 0 Å². The molecule has 0 aliphatic carbocycles. The third-order valence-electron chi connectivity index (χ3n) is 4.83. The lowest BCUT2D eigenvalue weighted by Crippen LogP contribution is -2.18. The fourth-order valence-corrected chi connectivity index (χ4v) is 4.29. The van der Waals surface area contributed by atoms with Gasteiger partial charge in [0.25, 0.3) is 5.91 Å². The van der Waals surface area contributed by atoms with E-state index in [-0.39, 0.29) is 17.3 Å². The molecule has 0 aliphatic heterocycles. The van der Waals surface area contributed by atoms with Crippen LogP contribution in [0.2, 0.25) is 5.15 Å². The monoisotopic (exact) mass is 538 g/mol. The predicted molar refractivity (Wildman–Crippen MR) is 129 cm³/mol. The average molecular weight is 539 g/mol. The van der Waals surface area contributed by atoms with E-state index in [4.69, 9.17) is 21.1 Å². The van der Waals surface area contributed by atoms with Crippen molar-refractivity contribution in [2.24, 2.45) is 0 Å². The van der Waals surface area contributed by atoms with Crippen LogP contribution < -0.4 is 14.8 Å². The van der Waals surface area contributed by atoms with E-state index in [1.54, 1.807) is 37.3 Å². The Kier molecular flexibility index (Phi) is 7.57. The van der Waals surface area contributed by atoms with Crippen LogP contribution in [0.15, 0.2) is 42.7 Å². The summed E-state index contributed by atoms with van der Waals surface area (Å²) in [7, 11) is 1.49. The second-order valence-electron chi connectivity index (χ2n) is 7.32. The van der Waals surface area contributed by atoms with Gasteiger partial charge in [0.2, 0.25) is 0 Å². The van der Waals surface area contributed by atoms with E-state index in [1.807, 2.05) is 0 Å². The minimum atomic E-state index is -4.71. The van der Waals surface area contributed by atoms with Crippen LogP contribution in [0.5, 0.6) is 11.5 Å². The highest BCUT2D eigenvalue weighted by molar-refractivity contribution is 7.22. The summed E-state index contributed by atoms with van der Waals surface area (Å²) in [5, 5.41) is 3.33. The highest BCUT2D eigenvalue weighted by Gasteiger charge is 2.28. The highest BCUT2D eigenvalue weighted by Crippen LogP contribution is 2.35. The van der Waals surface area contributed by atoms with Gasteiger partial charge in [0.1, 0.15) is 23.3 Å². The minimum Gasteiger partial charge on any atom is -0.494 e. The number of nitrogens with zero attached hydrogens (tertiary/aromatic N) is 3. The molecule has 4 aromatic rings. The van der Waals surface area contributed by atoms with Gasteiger partial charge in [-0.1, -0.05) is 22.9 Å². The summed E-state index contributed by atoms with van der Waals surface area (Å²) < 4.78 is 51.3. The van der Waals surface area contributed by atoms with Crippen molar-refractivity contribution in [3.63, 3.8) is 0 Å². The van der Waals surface area contributed by atoms with Crippen LogP contribution in [-0.4, -0.2) is 47.5 Å². The summed E-state index contributed by atoms with van der Waals surface area (Å²) in [5.41, 5.74) is 2.60. The van der Waals surface area contributed by atoms with Gasteiger partial charge in [-0.2, -0.15) is 0 Å². The van der Waals surface area contributed by atoms with E-state index < -0.39 is 18.9 Å². The molecule has 8 nitrogen and oxygen atoms in total. The minimum absolute atomic E-state index is 0.237. The number of anilines is 1. The predicted octanol–water partition coefficient (Wildman–Crippen LogP) is 5.89. The van der Waals surface area contributed by atoms with Gasteiger partial charge in [-0.15, -0.1) is 13.2 Å². The molecule has 1 aromatic carbocycles. The van der Waals surface area contributed by atoms with Gasteiger partial charge < -0.3 is 9.47 Å². The van der Waals surface area contributed by atoms with Gasteiger partial charge in [0, 0.05) is 29.1 Å². The maximum atomic E-state index is 13.2. The van der Waals surface area contributed by atoms with Crippen molar-refractivity contribution in [2.75, 3.05) is 25.6 Å². The number of nitrogens with one attached hydrogen (secondary N) is 1. The number of hydrogen-bond acceptors (Lipinski definition) is 8. The zero-order chi connectivity index (χ0) is 25.9. The summed E-state index contributed by atoms with van der Waals surface area (Å²) in [6, 6.07) is 8.21. The summed E-state index contributed by atoms with van der Waals surface area (Å²) in [6.45, 7) is 0.869. The number of benzene rings is 1. The molecule has 13 heteroatoms. The zero-order valence-corrected chi connectivity index (χ0v) is 20.4. The summed E-state index contributed by atoms with van der Waals surface area (Å²) in [4.78, 5) is 25.9. The number of aromatic nitrogens is 3. The molecule has 4 rings (SSSR count). The number of halogens is 4. The summed E-state index contributed by atoms with van der Waals surface area (Å²) in [5.74, 6) is 0.308. The quantitative estimate of drug-likeness (QED) is 0.221. The van der Waals surface area contributed by atoms with Crippen LogP contribution in [0.4, 0.5) is 18.3 Å². The number of ether oxygens (including phenoxy) is 3. The molecule has 0 unspecified atom stereocenters. The molecule has 0 saturated carbocycles. The first kappa shape index (κ1) is 25.6. The van der Waals surface area contributed by atoms with E-state index in [9.17, 15) is 18.0 Å². The Labute approximate surface area is 212 Å². The standard InChI is InChI=1S/C23H18ClF3N4O4S/c1-12-7-14(15-9-20(24)29-11-18(15)33-2)16(10-28-12)21(32)31-22-30-17-8-13(3-4-19(17)36-22)34-5-6-35-23(25,26)27/h3-4,7-11H,5-6H2,1-2H3,(H,30,31,32). The first-order valence-electron chi connectivity index (χ1n) is 10.3. The molecule has 188 valence electrons. The number of methoxy groups -OCH3 is 1. The van der Waals surface area contributed by atoms with Crippen LogP contribution in [0, 0.1) is 6.92 Å². The Morgan fingerprint density at radius 3 is 2.67 bits per heavy atom. The second kappa shape index (κ2) is 10.6. The number of thiazole rings is 1. The van der Waals surface area contributed by atoms with Crippen molar-refractivity contribution >= 4 is 44.2 Å². The molecule has 1 N–H and O–H groups in total. The van der Waals surface area contributed by atoms with Gasteiger partial charge in [-0.05, 0) is 31.2 Å². The Morgan fingerprint density at radius 1 is 1.11 bits per heavy atom. The number of alkyl halides is 3. The number of fused-ring (bicyclic) bond motifs is 1. The maximum Gasteiger partial charge on any atom is 0.522 e. The largest absolute Gasteiger partial charge is 0.522 e. The van der Waals surface area contributed by atoms with Crippen molar-refractivity contribution in [3.8, 4) is 22.6 Å². The summed E-state index contributed by atoms with van der Waals surface area (Å²) in [6.07, 6.45) is -1.79. The zero-order valence-electron chi connectivity index (χ0n) is 18.9. The molecule has 0 spiro atoms. The topological polar surface area (TPSA) is 95.5 Å². The van der Waals surface area contributed by atoms with Crippen LogP contribution in [0.25, 0.3) is 21.3 Å². The Balaban J connectivity index is 1.54. The first-order chi connectivity index (χ1) is 17.1. The molecular formula is C23H18ClF3N4O4S. The molecule has 36 heavy (non-hydrogen) atoms. The van der Waals surface area contributed by atoms with Crippen molar-refractivity contribution < 1.29 is 32.2 Å². The first-order valence-corrected chi connectivity index (χ1v) is 11.5. The Morgan fingerprint density at radius 2 is 1.92 bits per heavy atom. The number of rotatable bonds is 8. The molecular weight excluding hydrogens is 521 g/mol. The van der Waals surface area contributed by atoms with Crippen molar-refractivity contribution in [2.45, 2.75) is 13.3 Å². The number of hydrogen-bond donors (Lipinski definition) is 1. The van der Waals surface area contributed by atoms with E-state index >= 15 is 0 Å². The third-order valence-corrected chi connectivity index (χ3v) is 5.99. The molecule has 1 amide bonds. The number of carbonyl (C=O) groups excluding carboxylic acids is 1. The molecule has 3 aromatic heterocycles. The molecule has 3 heterocycles. The Hall–Kier alpha value is -3.48. The van der Waals surface area contributed by atoms with Crippen LogP contribution in [-0.2, 0) is 4.74 Å². The lowest BCUT2D eigenvalue weighted by Gasteiger charge is -2.13. The number of carbonyl (C=O) groups is 1. The van der Waals surface area contributed by atoms with Gasteiger partial charge in [0.15, 0.2) is 5.13 Å². The van der Waals surface area contributed by atoms with Crippen LogP contribution in [0.1, 0.15) is 16.1 Å². The van der Waals surface area contributed by atoms with E-state index in [0.717, 1.165) is 4.70 Å². The molecule has 0 fully saturated rings. The van der Waals surface area contributed by atoms with E-state index in [1.165, 1.54) is 30.8 Å². The third kappa shape index (κ3) is 6.20. The molecule has 0 saturated heterocycles. The van der Waals surface area contributed by atoms with Crippen molar-refractivity contribution in [1.82, 2.24) is 15.0 Å². The smallest absolute Gasteiger partial charge is 0.494 e. The number of pyridine rings is 2. The lowest BCUT2D eigenvalue weighted by atomic mass is 10.0. The molecule has 0 bridgehead atoms. The highest BCUT2D eigenvalue weighted by atomic mass is 35.5. The average Bonchev–Trinajstić information content (AvgIpc) is 3.22. The van der Waals surface area contributed by atoms with Gasteiger partial charge in [-0.25, -0.2) is 9.97 Å². The lowest BCUT2D eigenvalue weighted by molar-refractivity contribution is -0.325. The Bertz CT molecular complexity index is 1410. The fraction of sp³-hybridized carbons (Fsp3) is 0.217. The molecule has 0 aliphatic rings. The van der Waals surface area contributed by atoms with Crippen molar-refractivity contribution in [3.05, 3.63) is 59.1 Å². The normalized spacial score (nSPS) is 11.5. The van der Waals surface area contributed by atoms with E-state index in [0.29, 0.717) is 39.0 Å². The number of aryl methyl sites for hydroxylation is 1. The van der Waals surface area contributed by atoms with Crippen LogP contribution in [0.3, 0.4) is 0 Å². The second-order valence-corrected chi connectivity index (χ2v) is 8.74. The molecule has 0 atom stereocenters. The maximum absolute atomic E-state index is 13.2. The van der Waals surface area contributed by atoms with E-state index in [2.05, 4.69) is 25.0 Å². The van der Waals surface area contributed by atoms with Gasteiger partial charge >= 0.3 is 6.36 Å². The SMILES string of the molecule is COc1cnc(Cl)cc1-c1cc(C)ncc1C(=O)Nc1nc2cc(OCCOC(F)(F)F)ccc2s1. The molecule has 0 radical (unpaired) electrons. The van der Waals surface area contributed by atoms with Gasteiger partial charge in [0.05, 0.1) is 35.7 Å².